The van der Waals surface area contributed by atoms with E-state index in [1.165, 1.54) is 5.56 Å². The summed E-state index contributed by atoms with van der Waals surface area (Å²) in [5.74, 6) is 0.722. The second-order valence-corrected chi connectivity index (χ2v) is 5.06. The van der Waals surface area contributed by atoms with Crippen LogP contribution >= 0.6 is 0 Å². The molecule has 0 fully saturated rings. The van der Waals surface area contributed by atoms with Crippen molar-refractivity contribution in [2.24, 2.45) is 0 Å². The number of aromatic nitrogens is 2. The number of hydrogen-bond acceptors (Lipinski definition) is 3. The van der Waals surface area contributed by atoms with E-state index in [4.69, 9.17) is 10.5 Å². The molecule has 1 aromatic carbocycles. The zero-order valence-corrected chi connectivity index (χ0v) is 12.5. The molecule has 108 valence electrons. The van der Waals surface area contributed by atoms with Gasteiger partial charge in [0, 0.05) is 12.2 Å². The lowest BCUT2D eigenvalue weighted by Gasteiger charge is -2.10. The van der Waals surface area contributed by atoms with Crippen LogP contribution in [-0.2, 0) is 13.0 Å². The van der Waals surface area contributed by atoms with Gasteiger partial charge in [0.2, 0.25) is 0 Å². The number of ether oxygens (including phenoxy) is 1. The van der Waals surface area contributed by atoms with Crippen LogP contribution in [0.4, 0.5) is 5.69 Å². The number of nitrogens with two attached hydrogens (primary N) is 1. The third-order valence-corrected chi connectivity index (χ3v) is 3.56. The van der Waals surface area contributed by atoms with E-state index in [1.807, 2.05) is 35.1 Å². The molecule has 1 atom stereocenters. The van der Waals surface area contributed by atoms with Crippen molar-refractivity contribution in [3.63, 3.8) is 0 Å². The summed E-state index contributed by atoms with van der Waals surface area (Å²) in [4.78, 5) is 0. The SMILES string of the molecule is CCc1ccc(OCc2ccn(C(C)CC)n2)c(N)c1. The lowest BCUT2D eigenvalue weighted by molar-refractivity contribution is 0.299. The van der Waals surface area contributed by atoms with Gasteiger partial charge in [-0.25, -0.2) is 0 Å². The average Bonchev–Trinajstić information content (AvgIpc) is 2.94. The normalized spacial score (nSPS) is 12.3. The van der Waals surface area contributed by atoms with Crippen molar-refractivity contribution in [1.29, 1.82) is 0 Å². The molecule has 0 saturated carbocycles. The fourth-order valence-electron chi connectivity index (χ4n) is 1.99. The monoisotopic (exact) mass is 273 g/mol. The number of nitrogen functional groups attached to an aromatic ring is 1. The molecule has 20 heavy (non-hydrogen) atoms. The predicted octanol–water partition coefficient (Wildman–Crippen LogP) is 3.58. The topological polar surface area (TPSA) is 53.1 Å². The Bertz CT molecular complexity index is 563. The zero-order valence-electron chi connectivity index (χ0n) is 12.5. The molecule has 4 heteroatoms. The van der Waals surface area contributed by atoms with Crippen LogP contribution in [0.2, 0.25) is 0 Å². The zero-order chi connectivity index (χ0) is 14.5. The molecule has 1 heterocycles. The van der Waals surface area contributed by atoms with Gasteiger partial charge in [-0.1, -0.05) is 19.9 Å². The van der Waals surface area contributed by atoms with Crippen molar-refractivity contribution in [1.82, 2.24) is 9.78 Å². The molecule has 0 saturated heterocycles. The van der Waals surface area contributed by atoms with Gasteiger partial charge in [-0.15, -0.1) is 0 Å². The number of benzene rings is 1. The molecule has 2 N–H and O–H groups in total. The lowest BCUT2D eigenvalue weighted by atomic mass is 10.1. The summed E-state index contributed by atoms with van der Waals surface area (Å²) in [6, 6.07) is 8.34. The van der Waals surface area contributed by atoms with Crippen molar-refractivity contribution in [3.8, 4) is 5.75 Å². The van der Waals surface area contributed by atoms with Crippen molar-refractivity contribution in [2.75, 3.05) is 5.73 Å². The Morgan fingerprint density at radius 1 is 1.30 bits per heavy atom. The molecule has 2 rings (SSSR count). The Morgan fingerprint density at radius 2 is 2.10 bits per heavy atom. The highest BCUT2D eigenvalue weighted by atomic mass is 16.5. The fourth-order valence-corrected chi connectivity index (χ4v) is 1.99. The van der Waals surface area contributed by atoms with Crippen LogP contribution < -0.4 is 10.5 Å². The minimum Gasteiger partial charge on any atom is -0.485 e. The molecule has 0 bridgehead atoms. The number of aryl methyl sites for hydroxylation is 1. The summed E-state index contributed by atoms with van der Waals surface area (Å²) in [5, 5.41) is 4.51. The van der Waals surface area contributed by atoms with Crippen LogP contribution in [-0.4, -0.2) is 9.78 Å². The first-order valence-corrected chi connectivity index (χ1v) is 7.19. The number of nitrogens with zero attached hydrogens (tertiary/aromatic N) is 2. The van der Waals surface area contributed by atoms with E-state index in [1.54, 1.807) is 0 Å². The number of hydrogen-bond donors (Lipinski definition) is 1. The van der Waals surface area contributed by atoms with Crippen LogP contribution in [0.3, 0.4) is 0 Å². The third kappa shape index (κ3) is 3.32. The Kier molecular flexibility index (Phi) is 4.66. The maximum absolute atomic E-state index is 5.99. The second kappa shape index (κ2) is 6.46. The van der Waals surface area contributed by atoms with E-state index in [2.05, 4.69) is 25.9 Å². The molecule has 0 radical (unpaired) electrons. The van der Waals surface area contributed by atoms with Gasteiger partial charge in [-0.3, -0.25) is 4.68 Å². The molecular formula is C16H23N3O. The van der Waals surface area contributed by atoms with Gasteiger partial charge in [-0.2, -0.15) is 5.10 Å². The largest absolute Gasteiger partial charge is 0.485 e. The van der Waals surface area contributed by atoms with Gasteiger partial charge in [0.05, 0.1) is 11.4 Å². The first-order chi connectivity index (χ1) is 9.63. The first kappa shape index (κ1) is 14.4. The van der Waals surface area contributed by atoms with Crippen molar-refractivity contribution < 1.29 is 4.74 Å². The molecule has 1 aromatic heterocycles. The first-order valence-electron chi connectivity index (χ1n) is 7.19. The smallest absolute Gasteiger partial charge is 0.142 e. The lowest BCUT2D eigenvalue weighted by Crippen LogP contribution is -2.06. The maximum Gasteiger partial charge on any atom is 0.142 e. The molecule has 1 unspecified atom stereocenters. The van der Waals surface area contributed by atoms with Gasteiger partial charge in [0.15, 0.2) is 0 Å². The van der Waals surface area contributed by atoms with Gasteiger partial charge in [-0.05, 0) is 43.5 Å². The van der Waals surface area contributed by atoms with E-state index in [0.717, 1.165) is 24.3 Å². The average molecular weight is 273 g/mol. The minimum atomic E-state index is 0.414. The second-order valence-electron chi connectivity index (χ2n) is 5.06. The summed E-state index contributed by atoms with van der Waals surface area (Å²) >= 11 is 0. The van der Waals surface area contributed by atoms with Gasteiger partial charge in [0.25, 0.3) is 0 Å². The predicted molar refractivity (Wildman–Crippen MR) is 81.8 cm³/mol. The van der Waals surface area contributed by atoms with E-state index in [-0.39, 0.29) is 0 Å². The molecular weight excluding hydrogens is 250 g/mol. The Morgan fingerprint density at radius 3 is 2.75 bits per heavy atom. The van der Waals surface area contributed by atoms with Gasteiger partial charge >= 0.3 is 0 Å². The highest BCUT2D eigenvalue weighted by Gasteiger charge is 2.06. The van der Waals surface area contributed by atoms with Crippen LogP contribution in [0.5, 0.6) is 5.75 Å². The van der Waals surface area contributed by atoms with E-state index < -0.39 is 0 Å². The quantitative estimate of drug-likeness (QED) is 0.818. The van der Waals surface area contributed by atoms with Gasteiger partial charge in [0.1, 0.15) is 12.4 Å². The molecule has 0 aliphatic carbocycles. The summed E-state index contributed by atoms with van der Waals surface area (Å²) in [5.41, 5.74) is 8.81. The van der Waals surface area contributed by atoms with Crippen LogP contribution in [0.25, 0.3) is 0 Å². The van der Waals surface area contributed by atoms with E-state index in [0.29, 0.717) is 18.3 Å². The third-order valence-electron chi connectivity index (χ3n) is 3.56. The number of anilines is 1. The van der Waals surface area contributed by atoms with Crippen LogP contribution in [0.15, 0.2) is 30.5 Å². The van der Waals surface area contributed by atoms with E-state index in [9.17, 15) is 0 Å². The summed E-state index contributed by atoms with van der Waals surface area (Å²) in [7, 11) is 0. The molecule has 0 aliphatic heterocycles. The molecule has 0 aliphatic rings. The summed E-state index contributed by atoms with van der Waals surface area (Å²) < 4.78 is 7.72. The number of rotatable bonds is 6. The molecule has 4 nitrogen and oxygen atoms in total. The highest BCUT2D eigenvalue weighted by molar-refractivity contribution is 5.54. The summed E-state index contributed by atoms with van der Waals surface area (Å²) in [6.07, 6.45) is 4.04. The van der Waals surface area contributed by atoms with E-state index >= 15 is 0 Å². The van der Waals surface area contributed by atoms with Crippen molar-refractivity contribution in [3.05, 3.63) is 41.7 Å². The van der Waals surface area contributed by atoms with Crippen LogP contribution in [0.1, 0.15) is 44.5 Å². The highest BCUT2D eigenvalue weighted by Crippen LogP contribution is 2.23. The molecule has 0 spiro atoms. The standard InChI is InChI=1S/C16H23N3O/c1-4-12(3)19-9-8-14(18-19)11-20-16-7-6-13(5-2)10-15(16)17/h6-10,12H,4-5,11,17H2,1-3H3. The maximum atomic E-state index is 5.99. The Labute approximate surface area is 120 Å². The Balaban J connectivity index is 2.00. The van der Waals surface area contributed by atoms with Crippen molar-refractivity contribution in [2.45, 2.75) is 46.3 Å². The Hall–Kier alpha value is -1.97. The summed E-state index contributed by atoms with van der Waals surface area (Å²) in [6.45, 7) is 6.85. The van der Waals surface area contributed by atoms with Crippen LogP contribution in [0, 0.1) is 0 Å². The minimum absolute atomic E-state index is 0.414. The molecule has 0 amide bonds. The van der Waals surface area contributed by atoms with Gasteiger partial charge < -0.3 is 10.5 Å². The van der Waals surface area contributed by atoms with Crippen molar-refractivity contribution >= 4 is 5.69 Å². The fraction of sp³-hybridized carbons (Fsp3) is 0.438. The molecule has 2 aromatic rings.